The van der Waals surface area contributed by atoms with E-state index in [-0.39, 0.29) is 0 Å². The number of hydrazine groups is 1. The fourth-order valence-electron chi connectivity index (χ4n) is 3.69. The third-order valence-electron chi connectivity index (χ3n) is 5.09. The van der Waals surface area contributed by atoms with Gasteiger partial charge < -0.3 is 9.47 Å². The summed E-state index contributed by atoms with van der Waals surface area (Å²) in [5.41, 5.74) is 3.49. The minimum absolute atomic E-state index is 0.301. The lowest BCUT2D eigenvalue weighted by Crippen LogP contribution is -2.45. The van der Waals surface area contributed by atoms with Gasteiger partial charge in [0.25, 0.3) is 11.5 Å². The number of amides is 1. The maximum atomic E-state index is 13.0. The highest BCUT2D eigenvalue weighted by atomic mass is 16.2. The lowest BCUT2D eigenvalue weighted by atomic mass is 10.1. The highest BCUT2D eigenvalue weighted by molar-refractivity contribution is 5.79. The normalized spacial score (nSPS) is 13.6. The van der Waals surface area contributed by atoms with E-state index >= 15 is 0 Å². The van der Waals surface area contributed by atoms with Gasteiger partial charge in [-0.2, -0.15) is 4.98 Å². The van der Waals surface area contributed by atoms with E-state index in [2.05, 4.69) is 9.88 Å². The van der Waals surface area contributed by atoms with Crippen molar-refractivity contribution in [1.29, 1.82) is 0 Å². The Morgan fingerprint density at radius 2 is 2.00 bits per heavy atom. The zero-order valence-electron chi connectivity index (χ0n) is 15.7. The minimum atomic E-state index is -0.626. The number of aromatic nitrogens is 4. The van der Waals surface area contributed by atoms with Crippen LogP contribution in [0.4, 0.5) is 11.6 Å². The van der Waals surface area contributed by atoms with Gasteiger partial charge in [0.1, 0.15) is 6.54 Å². The molecule has 4 rings (SSSR count). The summed E-state index contributed by atoms with van der Waals surface area (Å²) in [5, 5.41) is 0. The maximum Gasteiger partial charge on any atom is 0.332 e. The van der Waals surface area contributed by atoms with Crippen molar-refractivity contribution in [3.8, 4) is 0 Å². The van der Waals surface area contributed by atoms with E-state index in [1.165, 1.54) is 11.6 Å². The van der Waals surface area contributed by atoms with Crippen molar-refractivity contribution in [2.75, 3.05) is 11.4 Å². The highest BCUT2D eigenvalue weighted by Gasteiger charge is 2.27. The number of aryl methyl sites for hydroxylation is 3. The molecule has 0 aliphatic carbocycles. The molecule has 0 spiro atoms. The van der Waals surface area contributed by atoms with E-state index < -0.39 is 23.7 Å². The molecule has 0 atom stereocenters. The molecule has 2 aromatic heterocycles. The van der Waals surface area contributed by atoms with Crippen molar-refractivity contribution in [3.63, 3.8) is 0 Å². The Morgan fingerprint density at radius 1 is 1.25 bits per heavy atom. The van der Waals surface area contributed by atoms with E-state index in [9.17, 15) is 14.4 Å². The number of imidazole rings is 1. The molecule has 28 heavy (non-hydrogen) atoms. The summed E-state index contributed by atoms with van der Waals surface area (Å²) < 4.78 is 4.00. The predicted octanol–water partition coefficient (Wildman–Crippen LogP) is -0.263. The number of rotatable bonds is 3. The Kier molecular flexibility index (Phi) is 4.27. The average molecular weight is 383 g/mol. The maximum absolute atomic E-state index is 13.0. The average Bonchev–Trinajstić information content (AvgIpc) is 3.10. The van der Waals surface area contributed by atoms with Crippen LogP contribution in [-0.4, -0.2) is 31.1 Å². The second-order valence-corrected chi connectivity index (χ2v) is 6.83. The Hall–Kier alpha value is -3.40. The van der Waals surface area contributed by atoms with Crippen molar-refractivity contribution in [3.05, 3.63) is 50.7 Å². The number of carbonyl (C=O) groups is 1. The number of hydrogen-bond donors (Lipinski definition) is 2. The van der Waals surface area contributed by atoms with Crippen LogP contribution in [-0.2, 0) is 24.9 Å². The van der Waals surface area contributed by atoms with E-state index in [0.717, 1.165) is 28.8 Å². The van der Waals surface area contributed by atoms with Crippen LogP contribution in [0.25, 0.3) is 11.2 Å². The van der Waals surface area contributed by atoms with Gasteiger partial charge in [-0.3, -0.25) is 19.6 Å². The largest absolute Gasteiger partial charge is 0.332 e. The summed E-state index contributed by atoms with van der Waals surface area (Å²) in [4.78, 5) is 44.0. The number of fused-ring (bicyclic) bond motifs is 3. The molecule has 0 saturated heterocycles. The SMILES string of the molecule is Cc1ccccc1N1CCCn2c1nc1c2c(=O)n(CC(=O)NN)c(=O)n1C. The fraction of sp³-hybridized carbons (Fsp3) is 0.333. The lowest BCUT2D eigenvalue weighted by molar-refractivity contribution is -0.121. The molecule has 10 nitrogen and oxygen atoms in total. The summed E-state index contributed by atoms with van der Waals surface area (Å²) >= 11 is 0. The summed E-state index contributed by atoms with van der Waals surface area (Å²) in [5.74, 6) is 5.10. The monoisotopic (exact) mass is 383 g/mol. The molecule has 3 aromatic rings. The Labute approximate surface area is 159 Å². The van der Waals surface area contributed by atoms with Gasteiger partial charge in [0.15, 0.2) is 11.2 Å². The molecule has 3 heterocycles. The van der Waals surface area contributed by atoms with Crippen molar-refractivity contribution in [2.45, 2.75) is 26.4 Å². The molecule has 1 aliphatic heterocycles. The molecule has 1 aromatic carbocycles. The van der Waals surface area contributed by atoms with Gasteiger partial charge in [-0.05, 0) is 25.0 Å². The Morgan fingerprint density at radius 3 is 2.71 bits per heavy atom. The molecule has 3 N–H and O–H groups in total. The van der Waals surface area contributed by atoms with E-state index in [4.69, 9.17) is 5.84 Å². The number of carbonyl (C=O) groups excluding carboxylic acids is 1. The second-order valence-electron chi connectivity index (χ2n) is 6.83. The molecule has 0 radical (unpaired) electrons. The molecule has 0 saturated carbocycles. The van der Waals surface area contributed by atoms with Crippen molar-refractivity contribution in [1.82, 2.24) is 24.1 Å². The van der Waals surface area contributed by atoms with Crippen LogP contribution in [0.15, 0.2) is 33.9 Å². The van der Waals surface area contributed by atoms with Gasteiger partial charge in [-0.25, -0.2) is 15.2 Å². The number of benzene rings is 1. The topological polar surface area (TPSA) is 120 Å². The molecular formula is C18H21N7O3. The third-order valence-corrected chi connectivity index (χ3v) is 5.09. The summed E-state index contributed by atoms with van der Waals surface area (Å²) in [6.07, 6.45) is 0.818. The summed E-state index contributed by atoms with van der Waals surface area (Å²) in [6.45, 7) is 2.93. The van der Waals surface area contributed by atoms with Crippen molar-refractivity contribution in [2.24, 2.45) is 12.9 Å². The molecule has 0 bridgehead atoms. The quantitative estimate of drug-likeness (QED) is 0.365. The van der Waals surface area contributed by atoms with Gasteiger partial charge in [-0.15, -0.1) is 0 Å². The molecule has 0 fully saturated rings. The van der Waals surface area contributed by atoms with Crippen molar-refractivity contribution < 1.29 is 4.79 Å². The van der Waals surface area contributed by atoms with Gasteiger partial charge in [0, 0.05) is 25.8 Å². The number of nitrogens with one attached hydrogen (secondary N) is 1. The molecule has 1 aliphatic rings. The van der Waals surface area contributed by atoms with Crippen LogP contribution in [0.2, 0.25) is 0 Å². The first-order valence-electron chi connectivity index (χ1n) is 8.96. The standard InChI is InChI=1S/C18H21N7O3/c1-11-6-3-4-7-12(11)23-8-5-9-24-14-15(20-17(23)24)22(2)18(28)25(16(14)27)10-13(26)21-19/h3-4,6-7H,5,8-10,19H2,1-2H3,(H,21,26). The zero-order chi connectivity index (χ0) is 20.0. The van der Waals surface area contributed by atoms with Gasteiger partial charge in [0.2, 0.25) is 5.95 Å². The fourth-order valence-corrected chi connectivity index (χ4v) is 3.69. The van der Waals surface area contributed by atoms with E-state index in [0.29, 0.717) is 23.7 Å². The van der Waals surface area contributed by atoms with Crippen LogP contribution >= 0.6 is 0 Å². The first-order valence-corrected chi connectivity index (χ1v) is 8.96. The highest BCUT2D eigenvalue weighted by Crippen LogP contribution is 2.32. The number of hydrogen-bond acceptors (Lipinski definition) is 6. The van der Waals surface area contributed by atoms with Gasteiger partial charge in [-0.1, -0.05) is 18.2 Å². The number of para-hydroxylation sites is 1. The van der Waals surface area contributed by atoms with Crippen LogP contribution in [0.1, 0.15) is 12.0 Å². The number of anilines is 2. The number of nitrogens with zero attached hydrogens (tertiary/aromatic N) is 5. The molecular weight excluding hydrogens is 362 g/mol. The Bertz CT molecular complexity index is 1200. The Balaban J connectivity index is 1.98. The van der Waals surface area contributed by atoms with Crippen LogP contribution in [0.5, 0.6) is 0 Å². The van der Waals surface area contributed by atoms with Crippen LogP contribution in [0, 0.1) is 6.92 Å². The molecule has 146 valence electrons. The number of nitrogens with two attached hydrogens (primary N) is 1. The van der Waals surface area contributed by atoms with Crippen molar-refractivity contribution >= 4 is 28.7 Å². The summed E-state index contributed by atoms with van der Waals surface area (Å²) in [7, 11) is 1.54. The first-order chi connectivity index (χ1) is 13.4. The zero-order valence-corrected chi connectivity index (χ0v) is 15.7. The van der Waals surface area contributed by atoms with Gasteiger partial charge >= 0.3 is 5.69 Å². The third kappa shape index (κ3) is 2.61. The first kappa shape index (κ1) is 18.0. The molecule has 10 heteroatoms. The molecule has 1 amide bonds. The van der Waals surface area contributed by atoms with Crippen LogP contribution in [0.3, 0.4) is 0 Å². The van der Waals surface area contributed by atoms with Crippen LogP contribution < -0.4 is 27.4 Å². The predicted molar refractivity (Wildman–Crippen MR) is 104 cm³/mol. The van der Waals surface area contributed by atoms with Gasteiger partial charge in [0.05, 0.1) is 0 Å². The smallest absolute Gasteiger partial charge is 0.312 e. The lowest BCUT2D eigenvalue weighted by Gasteiger charge is -2.30. The molecule has 0 unspecified atom stereocenters. The summed E-state index contributed by atoms with van der Waals surface area (Å²) in [6, 6.07) is 7.95. The van der Waals surface area contributed by atoms with E-state index in [1.807, 2.05) is 41.2 Å². The van der Waals surface area contributed by atoms with E-state index in [1.54, 1.807) is 0 Å². The minimum Gasteiger partial charge on any atom is -0.312 e. The second kappa shape index (κ2) is 6.64.